The molecule has 0 fully saturated rings. The molecule has 0 aliphatic heterocycles. The molecule has 2 aromatic carbocycles. The zero-order valence-corrected chi connectivity index (χ0v) is 14.1. The van der Waals surface area contributed by atoms with E-state index in [1.54, 1.807) is 19.4 Å². The summed E-state index contributed by atoms with van der Waals surface area (Å²) in [6, 6.07) is 17.6. The van der Waals surface area contributed by atoms with Crippen molar-refractivity contribution in [3.8, 4) is 0 Å². The summed E-state index contributed by atoms with van der Waals surface area (Å²) in [5.74, 6) is -0.157. The highest BCUT2D eigenvalue weighted by molar-refractivity contribution is 5.93. The maximum absolute atomic E-state index is 12.3. The van der Waals surface area contributed by atoms with E-state index in [9.17, 15) is 4.79 Å². The summed E-state index contributed by atoms with van der Waals surface area (Å²) in [5.41, 5.74) is 2.90. The molecule has 3 rings (SSSR count). The van der Waals surface area contributed by atoms with Crippen LogP contribution in [0.25, 0.3) is 0 Å². The van der Waals surface area contributed by atoms with Crippen molar-refractivity contribution in [1.29, 1.82) is 0 Å². The molecule has 128 valence electrons. The van der Waals surface area contributed by atoms with E-state index in [1.807, 2.05) is 65.4 Å². The van der Waals surface area contributed by atoms with E-state index in [-0.39, 0.29) is 5.91 Å². The Balaban J connectivity index is 1.55. The number of imidazole rings is 1. The Morgan fingerprint density at radius 1 is 1.16 bits per heavy atom. The van der Waals surface area contributed by atoms with Gasteiger partial charge < -0.3 is 14.6 Å². The van der Waals surface area contributed by atoms with Gasteiger partial charge in [0.05, 0.1) is 12.9 Å². The molecular weight excluding hydrogens is 314 g/mol. The summed E-state index contributed by atoms with van der Waals surface area (Å²) >= 11 is 0. The van der Waals surface area contributed by atoms with Crippen molar-refractivity contribution in [3.63, 3.8) is 0 Å². The lowest BCUT2D eigenvalue weighted by atomic mass is 10.2. The fourth-order valence-electron chi connectivity index (χ4n) is 2.45. The van der Waals surface area contributed by atoms with Crippen molar-refractivity contribution in [2.45, 2.75) is 26.2 Å². The van der Waals surface area contributed by atoms with Crippen LogP contribution < -0.4 is 5.32 Å². The minimum absolute atomic E-state index is 0.157. The lowest BCUT2D eigenvalue weighted by Crippen LogP contribution is -2.27. The normalized spacial score (nSPS) is 11.9. The monoisotopic (exact) mass is 335 g/mol. The minimum atomic E-state index is -0.530. The molecule has 1 heterocycles. The van der Waals surface area contributed by atoms with Crippen molar-refractivity contribution in [1.82, 2.24) is 9.55 Å². The van der Waals surface area contributed by atoms with Crippen molar-refractivity contribution >= 4 is 11.6 Å². The number of amides is 1. The first-order valence-corrected chi connectivity index (χ1v) is 8.22. The van der Waals surface area contributed by atoms with Crippen LogP contribution in [-0.2, 0) is 22.7 Å². The molecule has 0 bridgehead atoms. The van der Waals surface area contributed by atoms with Crippen molar-refractivity contribution in [2.75, 3.05) is 5.32 Å². The summed E-state index contributed by atoms with van der Waals surface area (Å²) in [6.07, 6.45) is 4.89. The highest BCUT2D eigenvalue weighted by atomic mass is 16.5. The Bertz CT molecular complexity index is 801. The van der Waals surface area contributed by atoms with E-state index in [0.29, 0.717) is 13.2 Å². The SMILES string of the molecule is CC(OCc1ccccc1)C(=O)Nc1cccc(Cn2ccnc2)c1. The van der Waals surface area contributed by atoms with E-state index in [0.717, 1.165) is 16.8 Å². The third-order valence-electron chi connectivity index (χ3n) is 3.83. The lowest BCUT2D eigenvalue weighted by molar-refractivity contribution is -0.127. The quantitative estimate of drug-likeness (QED) is 0.719. The molecule has 0 saturated carbocycles. The van der Waals surface area contributed by atoms with Crippen LogP contribution in [0.15, 0.2) is 73.3 Å². The number of carbonyl (C=O) groups excluding carboxylic acids is 1. The molecule has 1 N–H and O–H groups in total. The molecule has 0 aliphatic rings. The molecule has 25 heavy (non-hydrogen) atoms. The van der Waals surface area contributed by atoms with E-state index < -0.39 is 6.10 Å². The van der Waals surface area contributed by atoms with Crippen LogP contribution in [-0.4, -0.2) is 21.6 Å². The standard InChI is InChI=1S/C20H21N3O2/c1-16(25-14-17-6-3-2-4-7-17)20(24)22-19-9-5-8-18(12-19)13-23-11-10-21-15-23/h2-12,15-16H,13-14H2,1H3,(H,22,24). The number of nitrogens with one attached hydrogen (secondary N) is 1. The molecule has 0 saturated heterocycles. The van der Waals surface area contributed by atoms with Crippen LogP contribution in [0.4, 0.5) is 5.69 Å². The number of benzene rings is 2. The molecule has 0 spiro atoms. The van der Waals surface area contributed by atoms with Gasteiger partial charge in [0.1, 0.15) is 6.10 Å². The average molecular weight is 335 g/mol. The van der Waals surface area contributed by atoms with Gasteiger partial charge in [0.15, 0.2) is 0 Å². The maximum Gasteiger partial charge on any atom is 0.253 e. The molecule has 1 unspecified atom stereocenters. The summed E-state index contributed by atoms with van der Waals surface area (Å²) in [4.78, 5) is 16.3. The van der Waals surface area contributed by atoms with Gasteiger partial charge >= 0.3 is 0 Å². The van der Waals surface area contributed by atoms with E-state index in [1.165, 1.54) is 0 Å². The Labute approximate surface area is 147 Å². The highest BCUT2D eigenvalue weighted by Crippen LogP contribution is 2.13. The maximum atomic E-state index is 12.3. The molecule has 3 aromatic rings. The smallest absolute Gasteiger partial charge is 0.253 e. The number of nitrogens with zero attached hydrogens (tertiary/aromatic N) is 2. The topological polar surface area (TPSA) is 56.1 Å². The van der Waals surface area contributed by atoms with Gasteiger partial charge in [-0.15, -0.1) is 0 Å². The number of anilines is 1. The van der Waals surface area contributed by atoms with Crippen LogP contribution in [0, 0.1) is 0 Å². The number of aromatic nitrogens is 2. The summed E-state index contributed by atoms with van der Waals surface area (Å²) in [5, 5.41) is 2.91. The summed E-state index contributed by atoms with van der Waals surface area (Å²) in [7, 11) is 0. The summed E-state index contributed by atoms with van der Waals surface area (Å²) in [6.45, 7) is 2.88. The predicted octanol–water partition coefficient (Wildman–Crippen LogP) is 3.48. The molecule has 5 heteroatoms. The van der Waals surface area contributed by atoms with Gasteiger partial charge in [-0.25, -0.2) is 4.98 Å². The third kappa shape index (κ3) is 5.02. The molecule has 5 nitrogen and oxygen atoms in total. The Morgan fingerprint density at radius 2 is 1.96 bits per heavy atom. The highest BCUT2D eigenvalue weighted by Gasteiger charge is 2.13. The van der Waals surface area contributed by atoms with Crippen LogP contribution in [0.5, 0.6) is 0 Å². The Hall–Kier alpha value is -2.92. The molecule has 1 atom stereocenters. The van der Waals surface area contributed by atoms with E-state index >= 15 is 0 Å². The average Bonchev–Trinajstić information content (AvgIpc) is 3.14. The van der Waals surface area contributed by atoms with Crippen LogP contribution in [0.1, 0.15) is 18.1 Å². The van der Waals surface area contributed by atoms with Crippen LogP contribution in [0.3, 0.4) is 0 Å². The molecular formula is C20H21N3O2. The lowest BCUT2D eigenvalue weighted by Gasteiger charge is -2.14. The van der Waals surface area contributed by atoms with Crippen LogP contribution in [0.2, 0.25) is 0 Å². The second-order valence-corrected chi connectivity index (χ2v) is 5.86. The Kier molecular flexibility index (Phi) is 5.59. The zero-order valence-electron chi connectivity index (χ0n) is 14.1. The zero-order chi connectivity index (χ0) is 17.5. The molecule has 1 aromatic heterocycles. The van der Waals surface area contributed by atoms with Crippen molar-refractivity contribution in [2.24, 2.45) is 0 Å². The van der Waals surface area contributed by atoms with Gasteiger partial charge in [-0.05, 0) is 30.2 Å². The second kappa shape index (κ2) is 8.26. The van der Waals surface area contributed by atoms with Gasteiger partial charge in [0.25, 0.3) is 5.91 Å². The second-order valence-electron chi connectivity index (χ2n) is 5.86. The first-order valence-electron chi connectivity index (χ1n) is 8.22. The Morgan fingerprint density at radius 3 is 2.72 bits per heavy atom. The third-order valence-corrected chi connectivity index (χ3v) is 3.83. The van der Waals surface area contributed by atoms with E-state index in [2.05, 4.69) is 10.3 Å². The van der Waals surface area contributed by atoms with Crippen molar-refractivity contribution in [3.05, 3.63) is 84.4 Å². The summed E-state index contributed by atoms with van der Waals surface area (Å²) < 4.78 is 7.63. The number of ether oxygens (including phenoxy) is 1. The predicted molar refractivity (Wildman–Crippen MR) is 97.1 cm³/mol. The molecule has 0 aliphatic carbocycles. The van der Waals surface area contributed by atoms with Gasteiger partial charge in [0.2, 0.25) is 0 Å². The molecule has 0 radical (unpaired) electrons. The largest absolute Gasteiger partial charge is 0.364 e. The van der Waals surface area contributed by atoms with Gasteiger partial charge in [-0.1, -0.05) is 42.5 Å². The minimum Gasteiger partial charge on any atom is -0.364 e. The van der Waals surface area contributed by atoms with Gasteiger partial charge in [-0.2, -0.15) is 0 Å². The first kappa shape index (κ1) is 16.9. The molecule has 1 amide bonds. The number of carbonyl (C=O) groups is 1. The number of hydrogen-bond acceptors (Lipinski definition) is 3. The van der Waals surface area contributed by atoms with Gasteiger partial charge in [0, 0.05) is 24.6 Å². The van der Waals surface area contributed by atoms with Gasteiger partial charge in [-0.3, -0.25) is 4.79 Å². The van der Waals surface area contributed by atoms with Crippen LogP contribution >= 0.6 is 0 Å². The first-order chi connectivity index (χ1) is 12.2. The van der Waals surface area contributed by atoms with Crippen molar-refractivity contribution < 1.29 is 9.53 Å². The van der Waals surface area contributed by atoms with E-state index in [4.69, 9.17) is 4.74 Å². The number of rotatable bonds is 7. The fourth-order valence-corrected chi connectivity index (χ4v) is 2.45. The number of hydrogen-bond donors (Lipinski definition) is 1. The fraction of sp³-hybridized carbons (Fsp3) is 0.200.